The molecular weight excluding hydrogens is 290 g/mol. The molecule has 0 atom stereocenters. The number of nitrogens with zero attached hydrogens (tertiary/aromatic N) is 2. The van der Waals surface area contributed by atoms with Gasteiger partial charge in [-0.2, -0.15) is 5.26 Å². The second kappa shape index (κ2) is 5.39. The van der Waals surface area contributed by atoms with Gasteiger partial charge in [-0.25, -0.2) is 0 Å². The van der Waals surface area contributed by atoms with Crippen LogP contribution in [0.15, 0.2) is 47.5 Å². The monoisotopic (exact) mass is 305 g/mol. The first-order valence-corrected chi connectivity index (χ1v) is 7.47. The predicted molar refractivity (Wildman–Crippen MR) is 87.4 cm³/mol. The van der Waals surface area contributed by atoms with Gasteiger partial charge in [0, 0.05) is 42.5 Å². The van der Waals surface area contributed by atoms with E-state index in [1.54, 1.807) is 35.0 Å². The first-order valence-electron chi connectivity index (χ1n) is 7.47. The van der Waals surface area contributed by atoms with Crippen LogP contribution in [0.5, 0.6) is 0 Å². The van der Waals surface area contributed by atoms with Crippen LogP contribution in [0.4, 0.5) is 0 Å². The number of hydrogen-bond donors (Lipinski definition) is 3. The molecule has 1 aliphatic heterocycles. The molecule has 0 bridgehead atoms. The fraction of sp³-hybridized carbons (Fsp3) is 0.176. The van der Waals surface area contributed by atoms with Crippen molar-refractivity contribution in [2.45, 2.75) is 5.92 Å². The smallest absolute Gasteiger partial charge is 0.279 e. The summed E-state index contributed by atoms with van der Waals surface area (Å²) in [6, 6.07) is 11.1. The molecule has 1 aliphatic rings. The summed E-state index contributed by atoms with van der Waals surface area (Å²) in [7, 11) is 0. The van der Waals surface area contributed by atoms with E-state index in [2.05, 4.69) is 21.9 Å². The molecule has 2 aromatic heterocycles. The maximum absolute atomic E-state index is 12.7. The Morgan fingerprint density at radius 2 is 1.87 bits per heavy atom. The molecule has 0 spiro atoms. The molecule has 23 heavy (non-hydrogen) atoms. The van der Waals surface area contributed by atoms with E-state index in [1.807, 2.05) is 12.3 Å². The molecule has 3 heterocycles. The van der Waals surface area contributed by atoms with Crippen LogP contribution in [0.3, 0.4) is 0 Å². The lowest BCUT2D eigenvalue weighted by Gasteiger charge is -2.14. The number of fused-ring (bicyclic) bond motifs is 1. The van der Waals surface area contributed by atoms with Gasteiger partial charge in [-0.3, -0.25) is 20.2 Å². The minimum absolute atomic E-state index is 0.0858. The van der Waals surface area contributed by atoms with Gasteiger partial charge in [-0.15, -0.1) is 0 Å². The summed E-state index contributed by atoms with van der Waals surface area (Å²) in [4.78, 5) is 15.8. The number of benzene rings is 1. The third kappa shape index (κ3) is 2.23. The van der Waals surface area contributed by atoms with E-state index < -0.39 is 0 Å². The zero-order chi connectivity index (χ0) is 15.8. The van der Waals surface area contributed by atoms with Crippen LogP contribution in [0.2, 0.25) is 0 Å². The average molecular weight is 305 g/mol. The van der Waals surface area contributed by atoms with Crippen molar-refractivity contribution < 1.29 is 0 Å². The van der Waals surface area contributed by atoms with Crippen molar-refractivity contribution in [1.29, 1.82) is 5.26 Å². The Hall–Kier alpha value is -2.88. The van der Waals surface area contributed by atoms with Crippen LogP contribution in [-0.4, -0.2) is 22.6 Å². The molecule has 6 nitrogen and oxygen atoms in total. The fourth-order valence-corrected chi connectivity index (χ4v) is 3.07. The standard InChI is InChI=1S/C17H15N5O/c18-7-11-1-3-13(4-2-11)22-10-15(12-8-20-21-9-12)14-5-6-19-16(14)17(22)23/h1-6,10,12,19-21H,8-9H2. The van der Waals surface area contributed by atoms with E-state index in [0.29, 0.717) is 17.0 Å². The second-order valence-electron chi connectivity index (χ2n) is 5.64. The lowest BCUT2D eigenvalue weighted by molar-refractivity contribution is 0.689. The van der Waals surface area contributed by atoms with Gasteiger partial charge in [-0.1, -0.05) is 0 Å². The van der Waals surface area contributed by atoms with Gasteiger partial charge in [0.05, 0.1) is 11.6 Å². The first-order chi connectivity index (χ1) is 11.3. The zero-order valence-corrected chi connectivity index (χ0v) is 12.3. The van der Waals surface area contributed by atoms with E-state index in [4.69, 9.17) is 5.26 Å². The first kappa shape index (κ1) is 13.8. The quantitative estimate of drug-likeness (QED) is 0.668. The Balaban J connectivity index is 1.93. The minimum Gasteiger partial charge on any atom is -0.357 e. The maximum atomic E-state index is 12.7. The topological polar surface area (TPSA) is 85.6 Å². The number of pyridine rings is 1. The summed E-state index contributed by atoms with van der Waals surface area (Å²) in [6.07, 6.45) is 3.72. The van der Waals surface area contributed by atoms with Gasteiger partial charge in [0.25, 0.3) is 5.56 Å². The van der Waals surface area contributed by atoms with Crippen molar-refractivity contribution in [3.63, 3.8) is 0 Å². The van der Waals surface area contributed by atoms with Crippen LogP contribution in [0.1, 0.15) is 17.0 Å². The Bertz CT molecular complexity index is 955. The van der Waals surface area contributed by atoms with E-state index in [-0.39, 0.29) is 5.56 Å². The summed E-state index contributed by atoms with van der Waals surface area (Å²) < 4.78 is 1.65. The van der Waals surface area contributed by atoms with Crippen molar-refractivity contribution in [2.24, 2.45) is 0 Å². The highest BCUT2D eigenvalue weighted by Gasteiger charge is 2.21. The Labute approximate surface area is 132 Å². The number of hydrogen-bond acceptors (Lipinski definition) is 4. The molecule has 114 valence electrons. The number of hydrazine groups is 1. The maximum Gasteiger partial charge on any atom is 0.279 e. The largest absolute Gasteiger partial charge is 0.357 e. The zero-order valence-electron chi connectivity index (χ0n) is 12.3. The van der Waals surface area contributed by atoms with Crippen LogP contribution >= 0.6 is 0 Å². The molecule has 0 amide bonds. The Morgan fingerprint density at radius 1 is 1.13 bits per heavy atom. The minimum atomic E-state index is -0.0858. The van der Waals surface area contributed by atoms with E-state index >= 15 is 0 Å². The predicted octanol–water partition coefficient (Wildman–Crippen LogP) is 1.38. The number of aromatic nitrogens is 2. The molecule has 1 aromatic carbocycles. The summed E-state index contributed by atoms with van der Waals surface area (Å²) in [5.74, 6) is 0.304. The highest BCUT2D eigenvalue weighted by Crippen LogP contribution is 2.25. The summed E-state index contributed by atoms with van der Waals surface area (Å²) in [5, 5.41) is 9.89. The van der Waals surface area contributed by atoms with Crippen molar-refractivity contribution in [1.82, 2.24) is 20.4 Å². The highest BCUT2D eigenvalue weighted by atomic mass is 16.1. The van der Waals surface area contributed by atoms with Crippen molar-refractivity contribution in [2.75, 3.05) is 13.1 Å². The third-order valence-electron chi connectivity index (χ3n) is 4.30. The van der Waals surface area contributed by atoms with Gasteiger partial charge in [-0.05, 0) is 35.9 Å². The SMILES string of the molecule is N#Cc1ccc(-n2cc(C3CNNC3)c3cc[nH]c3c2=O)cc1. The molecule has 1 saturated heterocycles. The summed E-state index contributed by atoms with van der Waals surface area (Å²) in [6.45, 7) is 1.65. The molecule has 0 saturated carbocycles. The van der Waals surface area contributed by atoms with E-state index in [0.717, 1.165) is 29.7 Å². The van der Waals surface area contributed by atoms with Crippen LogP contribution in [0, 0.1) is 11.3 Å². The van der Waals surface area contributed by atoms with Crippen molar-refractivity contribution in [3.8, 4) is 11.8 Å². The van der Waals surface area contributed by atoms with Crippen LogP contribution < -0.4 is 16.4 Å². The van der Waals surface area contributed by atoms with Crippen molar-refractivity contribution in [3.05, 3.63) is 64.2 Å². The van der Waals surface area contributed by atoms with E-state index in [1.165, 1.54) is 0 Å². The van der Waals surface area contributed by atoms with Crippen molar-refractivity contribution >= 4 is 10.9 Å². The lowest BCUT2D eigenvalue weighted by atomic mass is 9.98. The number of nitriles is 1. The van der Waals surface area contributed by atoms with Gasteiger partial charge >= 0.3 is 0 Å². The normalized spacial score (nSPS) is 15.1. The number of rotatable bonds is 2. The lowest BCUT2D eigenvalue weighted by Crippen LogP contribution is -2.21. The molecule has 4 rings (SSSR count). The molecule has 6 heteroatoms. The van der Waals surface area contributed by atoms with Crippen LogP contribution in [0.25, 0.3) is 16.6 Å². The number of aromatic amines is 1. The molecule has 0 unspecified atom stereocenters. The number of nitrogens with one attached hydrogen (secondary N) is 3. The van der Waals surface area contributed by atoms with E-state index in [9.17, 15) is 4.79 Å². The van der Waals surface area contributed by atoms with Crippen LogP contribution in [-0.2, 0) is 0 Å². The molecule has 0 aliphatic carbocycles. The van der Waals surface area contributed by atoms with Gasteiger partial charge < -0.3 is 4.98 Å². The molecule has 1 fully saturated rings. The number of H-pyrrole nitrogens is 1. The van der Waals surface area contributed by atoms with Gasteiger partial charge in [0.15, 0.2) is 0 Å². The summed E-state index contributed by atoms with van der Waals surface area (Å²) >= 11 is 0. The highest BCUT2D eigenvalue weighted by molar-refractivity contribution is 5.83. The molecule has 0 radical (unpaired) electrons. The average Bonchev–Trinajstić information content (AvgIpc) is 3.27. The molecule has 3 aromatic rings. The Kier molecular flexibility index (Phi) is 3.23. The third-order valence-corrected chi connectivity index (χ3v) is 4.30. The fourth-order valence-electron chi connectivity index (χ4n) is 3.07. The Morgan fingerprint density at radius 3 is 2.57 bits per heavy atom. The second-order valence-corrected chi connectivity index (χ2v) is 5.64. The molecule has 3 N–H and O–H groups in total. The molecular formula is C17H15N5O. The summed E-state index contributed by atoms with van der Waals surface area (Å²) in [5.41, 5.74) is 9.25. The van der Waals surface area contributed by atoms with Gasteiger partial charge in [0.2, 0.25) is 0 Å². The van der Waals surface area contributed by atoms with Gasteiger partial charge in [0.1, 0.15) is 5.52 Å².